The summed E-state index contributed by atoms with van der Waals surface area (Å²) in [5.74, 6) is 0. The van der Waals surface area contributed by atoms with Crippen LogP contribution in [0.2, 0.25) is 0 Å². The van der Waals surface area contributed by atoms with Gasteiger partial charge in [0.25, 0.3) is 0 Å². The molecule has 0 saturated heterocycles. The molecule has 36 heavy (non-hydrogen) atoms. The van der Waals surface area contributed by atoms with Gasteiger partial charge in [0.2, 0.25) is 0 Å². The minimum Gasteiger partial charge on any atom is -0.0619 e. The number of rotatable bonds is 1. The molecule has 0 amide bonds. The van der Waals surface area contributed by atoms with Crippen LogP contribution in [-0.2, 0) is 5.41 Å². The van der Waals surface area contributed by atoms with Gasteiger partial charge in [0, 0.05) is 4.47 Å². The molecule has 168 valence electrons. The van der Waals surface area contributed by atoms with Crippen molar-refractivity contribution in [3.05, 3.63) is 154 Å². The van der Waals surface area contributed by atoms with E-state index in [2.05, 4.69) is 143 Å². The molecule has 2 aliphatic carbocycles. The number of hydrogen-bond donors (Lipinski definition) is 0. The van der Waals surface area contributed by atoms with Crippen LogP contribution in [0.1, 0.15) is 22.3 Å². The van der Waals surface area contributed by atoms with Gasteiger partial charge >= 0.3 is 0 Å². The zero-order chi connectivity index (χ0) is 23.9. The Labute approximate surface area is 219 Å². The highest BCUT2D eigenvalue weighted by atomic mass is 79.9. The summed E-state index contributed by atoms with van der Waals surface area (Å²) in [5.41, 5.74) is 13.1. The molecule has 1 unspecified atom stereocenters. The molecule has 2 aliphatic rings. The maximum atomic E-state index is 3.59. The summed E-state index contributed by atoms with van der Waals surface area (Å²) in [6.07, 6.45) is 0. The van der Waals surface area contributed by atoms with E-state index in [1.54, 1.807) is 0 Å². The molecule has 0 N–H and O–H groups in total. The fourth-order valence-electron chi connectivity index (χ4n) is 6.73. The van der Waals surface area contributed by atoms with Gasteiger partial charge < -0.3 is 0 Å². The fourth-order valence-corrected chi connectivity index (χ4v) is 6.99. The predicted octanol–water partition coefficient (Wildman–Crippen LogP) is 9.61. The van der Waals surface area contributed by atoms with Crippen molar-refractivity contribution >= 4 is 26.7 Å². The lowest BCUT2D eigenvalue weighted by atomic mass is 9.70. The van der Waals surface area contributed by atoms with Crippen LogP contribution in [-0.4, -0.2) is 0 Å². The number of hydrogen-bond acceptors (Lipinski definition) is 0. The first-order valence-corrected chi connectivity index (χ1v) is 13.2. The lowest BCUT2D eigenvalue weighted by molar-refractivity contribution is 0.795. The molecule has 0 saturated carbocycles. The Morgan fingerprint density at radius 1 is 0.444 bits per heavy atom. The second kappa shape index (κ2) is 7.29. The molecule has 0 heterocycles. The second-order valence-corrected chi connectivity index (χ2v) is 10.7. The van der Waals surface area contributed by atoms with Crippen molar-refractivity contribution in [2.75, 3.05) is 0 Å². The van der Waals surface area contributed by atoms with E-state index < -0.39 is 0 Å². The van der Waals surface area contributed by atoms with Crippen LogP contribution in [0.3, 0.4) is 0 Å². The van der Waals surface area contributed by atoms with Crippen LogP contribution in [0.25, 0.3) is 44.2 Å². The van der Waals surface area contributed by atoms with Gasteiger partial charge in [-0.2, -0.15) is 0 Å². The minimum absolute atomic E-state index is 0.326. The van der Waals surface area contributed by atoms with Gasteiger partial charge in [0.15, 0.2) is 0 Å². The van der Waals surface area contributed by atoms with Crippen LogP contribution in [0, 0.1) is 0 Å². The SMILES string of the molecule is Brc1ccc(-c2ccc3c(c2)C2(c4ccccc4-3)c3ccccc3-c3c2ccc2ccccc32)cc1. The highest BCUT2D eigenvalue weighted by Gasteiger charge is 2.51. The Bertz CT molecular complexity index is 1840. The zero-order valence-electron chi connectivity index (χ0n) is 19.5. The third-order valence-corrected chi connectivity index (χ3v) is 8.68. The molecule has 8 rings (SSSR count). The predicted molar refractivity (Wildman–Crippen MR) is 153 cm³/mol. The Hall–Kier alpha value is -3.94. The van der Waals surface area contributed by atoms with Crippen LogP contribution >= 0.6 is 15.9 Å². The van der Waals surface area contributed by atoms with Crippen LogP contribution in [0.4, 0.5) is 0 Å². The van der Waals surface area contributed by atoms with E-state index in [0.29, 0.717) is 0 Å². The van der Waals surface area contributed by atoms with Gasteiger partial charge in [0.1, 0.15) is 0 Å². The smallest absolute Gasteiger partial charge is 0.0619 e. The summed E-state index contributed by atoms with van der Waals surface area (Å²) < 4.78 is 1.10. The zero-order valence-corrected chi connectivity index (χ0v) is 21.1. The molecule has 1 spiro atoms. The Morgan fingerprint density at radius 2 is 1.08 bits per heavy atom. The normalized spacial score (nSPS) is 16.6. The van der Waals surface area contributed by atoms with Gasteiger partial charge in [-0.15, -0.1) is 0 Å². The summed E-state index contributed by atoms with van der Waals surface area (Å²) in [5, 5.41) is 2.62. The average Bonchev–Trinajstić information content (AvgIpc) is 3.40. The van der Waals surface area contributed by atoms with Gasteiger partial charge in [-0.25, -0.2) is 0 Å². The Morgan fingerprint density at radius 3 is 1.92 bits per heavy atom. The maximum Gasteiger partial charge on any atom is 0.0725 e. The van der Waals surface area contributed by atoms with Gasteiger partial charge in [0.05, 0.1) is 5.41 Å². The number of benzene rings is 6. The highest BCUT2D eigenvalue weighted by molar-refractivity contribution is 9.10. The van der Waals surface area contributed by atoms with Crippen molar-refractivity contribution in [2.45, 2.75) is 5.41 Å². The van der Waals surface area contributed by atoms with Gasteiger partial charge in [-0.1, -0.05) is 125 Å². The average molecular weight is 521 g/mol. The van der Waals surface area contributed by atoms with E-state index in [9.17, 15) is 0 Å². The van der Waals surface area contributed by atoms with Gasteiger partial charge in [-0.3, -0.25) is 0 Å². The monoisotopic (exact) mass is 520 g/mol. The van der Waals surface area contributed by atoms with Crippen molar-refractivity contribution in [1.82, 2.24) is 0 Å². The van der Waals surface area contributed by atoms with Crippen molar-refractivity contribution < 1.29 is 0 Å². The molecule has 6 aromatic carbocycles. The summed E-state index contributed by atoms with van der Waals surface area (Å²) in [6.45, 7) is 0. The van der Waals surface area contributed by atoms with Crippen molar-refractivity contribution in [2.24, 2.45) is 0 Å². The van der Waals surface area contributed by atoms with Crippen LogP contribution in [0.15, 0.2) is 132 Å². The molecular weight excluding hydrogens is 500 g/mol. The Balaban J connectivity index is 1.53. The quantitative estimate of drug-likeness (QED) is 0.202. The molecular formula is C35H21Br. The van der Waals surface area contributed by atoms with Crippen LogP contribution < -0.4 is 0 Å². The largest absolute Gasteiger partial charge is 0.0725 e. The standard InChI is InChI=1S/C35H21Br/c36-25-17-13-22(14-18-25)24-15-19-28-27-9-3-5-11-30(27)35(33(28)21-24)31-12-6-4-10-29(31)34-26-8-2-1-7-23(26)16-20-32(34)35/h1-21H. The van der Waals surface area contributed by atoms with E-state index in [0.717, 1.165) is 4.47 Å². The molecule has 0 nitrogen and oxygen atoms in total. The van der Waals surface area contributed by atoms with E-state index in [1.807, 2.05) is 0 Å². The first-order chi connectivity index (χ1) is 17.8. The molecule has 0 radical (unpaired) electrons. The maximum absolute atomic E-state index is 3.59. The lowest BCUT2D eigenvalue weighted by Crippen LogP contribution is -2.25. The van der Waals surface area contributed by atoms with Crippen molar-refractivity contribution in [3.63, 3.8) is 0 Å². The first kappa shape index (κ1) is 20.3. The molecule has 0 aliphatic heterocycles. The highest BCUT2D eigenvalue weighted by Crippen LogP contribution is 2.63. The van der Waals surface area contributed by atoms with Gasteiger partial charge in [-0.05, 0) is 84.6 Å². The fraction of sp³-hybridized carbons (Fsp3) is 0.0286. The molecule has 0 fully saturated rings. The second-order valence-electron chi connectivity index (χ2n) is 9.82. The van der Waals surface area contributed by atoms with Crippen molar-refractivity contribution in [1.29, 1.82) is 0 Å². The van der Waals surface area contributed by atoms with E-state index in [-0.39, 0.29) is 5.41 Å². The molecule has 6 aromatic rings. The number of fused-ring (bicyclic) bond motifs is 12. The molecule has 0 aromatic heterocycles. The number of halogens is 1. The third kappa shape index (κ3) is 2.49. The van der Waals surface area contributed by atoms with Crippen molar-refractivity contribution in [3.8, 4) is 33.4 Å². The summed E-state index contributed by atoms with van der Waals surface area (Å²) in [6, 6.07) is 47.3. The summed E-state index contributed by atoms with van der Waals surface area (Å²) in [4.78, 5) is 0. The third-order valence-electron chi connectivity index (χ3n) is 8.16. The summed E-state index contributed by atoms with van der Waals surface area (Å²) >= 11 is 3.59. The van der Waals surface area contributed by atoms with E-state index in [4.69, 9.17) is 0 Å². The molecule has 1 atom stereocenters. The van der Waals surface area contributed by atoms with E-state index >= 15 is 0 Å². The van der Waals surface area contributed by atoms with E-state index in [1.165, 1.54) is 66.4 Å². The van der Waals surface area contributed by atoms with Crippen LogP contribution in [0.5, 0.6) is 0 Å². The first-order valence-electron chi connectivity index (χ1n) is 12.4. The Kier molecular flexibility index (Phi) is 4.10. The minimum atomic E-state index is -0.326. The summed E-state index contributed by atoms with van der Waals surface area (Å²) in [7, 11) is 0. The molecule has 1 heteroatoms. The lowest BCUT2D eigenvalue weighted by Gasteiger charge is -2.31. The topological polar surface area (TPSA) is 0 Å². The molecule has 0 bridgehead atoms.